The van der Waals surface area contributed by atoms with Crippen molar-refractivity contribution in [3.05, 3.63) is 71.3 Å². The number of halogens is 1. The Hall–Kier alpha value is -2.07. The average molecular weight is 406 g/mol. The summed E-state index contributed by atoms with van der Waals surface area (Å²) in [6.45, 7) is 2.08. The number of para-hydroxylation sites is 1. The van der Waals surface area contributed by atoms with Gasteiger partial charge in [0, 0.05) is 10.7 Å². The molecule has 0 fully saturated rings. The number of hydrogen-bond acceptors (Lipinski definition) is 4. The molecule has 0 saturated heterocycles. The van der Waals surface area contributed by atoms with E-state index in [0.29, 0.717) is 10.3 Å². The summed E-state index contributed by atoms with van der Waals surface area (Å²) in [6, 6.07) is 16.0. The molecule has 5 nitrogen and oxygen atoms in total. The maximum absolute atomic E-state index is 14.1. The second-order valence-electron chi connectivity index (χ2n) is 6.02. The van der Waals surface area contributed by atoms with Gasteiger partial charge in [-0.05, 0) is 42.8 Å². The predicted octanol–water partition coefficient (Wildman–Crippen LogP) is 5.36. The third-order valence-corrected chi connectivity index (χ3v) is 7.29. The van der Waals surface area contributed by atoms with Crippen LogP contribution in [0.25, 0.3) is 5.31 Å². The maximum Gasteiger partial charge on any atom is 0.327 e. The van der Waals surface area contributed by atoms with Crippen LogP contribution in [0.1, 0.15) is 18.9 Å². The van der Waals surface area contributed by atoms with Crippen molar-refractivity contribution in [3.63, 3.8) is 0 Å². The van der Waals surface area contributed by atoms with Gasteiger partial charge >= 0.3 is 13.5 Å². The Morgan fingerprint density at radius 2 is 1.81 bits per heavy atom. The molecule has 0 N–H and O–H groups in total. The van der Waals surface area contributed by atoms with Crippen LogP contribution in [-0.4, -0.2) is 25.7 Å². The van der Waals surface area contributed by atoms with Crippen LogP contribution in [0.5, 0.6) is 0 Å². The SMILES string of the molecule is CCOP1(=O)C(c2ccc(Cl)cc2)=CC(CC(=O)OC)N1c1ccccc1. The van der Waals surface area contributed by atoms with Gasteiger partial charge in [-0.25, -0.2) is 0 Å². The lowest BCUT2D eigenvalue weighted by atomic mass is 10.1. The summed E-state index contributed by atoms with van der Waals surface area (Å²) in [5, 5.41) is 1.16. The van der Waals surface area contributed by atoms with Crippen molar-refractivity contribution in [2.45, 2.75) is 19.4 Å². The van der Waals surface area contributed by atoms with Gasteiger partial charge in [0.15, 0.2) is 0 Å². The number of carbonyl (C=O) groups excluding carboxylic acids is 1. The summed E-state index contributed by atoms with van der Waals surface area (Å²) in [4.78, 5) is 12.0. The molecule has 2 atom stereocenters. The van der Waals surface area contributed by atoms with E-state index in [-0.39, 0.29) is 19.0 Å². The molecule has 1 aliphatic heterocycles. The third-order valence-electron chi connectivity index (χ3n) is 4.32. The van der Waals surface area contributed by atoms with Crippen molar-refractivity contribution in [3.8, 4) is 0 Å². The molecular weight excluding hydrogens is 385 g/mol. The minimum absolute atomic E-state index is 0.0690. The quantitative estimate of drug-likeness (QED) is 0.478. The summed E-state index contributed by atoms with van der Waals surface area (Å²) in [7, 11) is -2.09. The summed E-state index contributed by atoms with van der Waals surface area (Å²) in [5.74, 6) is -0.377. The number of esters is 1. The van der Waals surface area contributed by atoms with Crippen molar-refractivity contribution in [1.29, 1.82) is 0 Å². The monoisotopic (exact) mass is 405 g/mol. The molecule has 0 spiro atoms. The second kappa shape index (κ2) is 8.30. The van der Waals surface area contributed by atoms with Crippen molar-refractivity contribution < 1.29 is 18.6 Å². The molecule has 2 unspecified atom stereocenters. The van der Waals surface area contributed by atoms with Gasteiger partial charge in [0.05, 0.1) is 31.5 Å². The Labute approximate surface area is 164 Å². The van der Waals surface area contributed by atoms with E-state index in [2.05, 4.69) is 0 Å². The zero-order valence-corrected chi connectivity index (χ0v) is 16.8. The van der Waals surface area contributed by atoms with Crippen molar-refractivity contribution >= 4 is 36.1 Å². The minimum Gasteiger partial charge on any atom is -0.469 e. The van der Waals surface area contributed by atoms with E-state index in [1.54, 1.807) is 23.7 Å². The van der Waals surface area contributed by atoms with Gasteiger partial charge in [-0.2, -0.15) is 0 Å². The van der Waals surface area contributed by atoms with E-state index < -0.39 is 13.6 Å². The summed E-state index contributed by atoms with van der Waals surface area (Å²) in [5.41, 5.74) is 1.48. The number of hydrogen-bond donors (Lipinski definition) is 0. The van der Waals surface area contributed by atoms with Crippen molar-refractivity contribution in [1.82, 2.24) is 0 Å². The first kappa shape index (κ1) is 19.7. The van der Waals surface area contributed by atoms with Gasteiger partial charge in [-0.3, -0.25) is 14.0 Å². The van der Waals surface area contributed by atoms with Crippen LogP contribution in [0.4, 0.5) is 5.69 Å². The van der Waals surface area contributed by atoms with E-state index >= 15 is 0 Å². The number of anilines is 1. The van der Waals surface area contributed by atoms with Crippen molar-refractivity contribution in [2.75, 3.05) is 18.4 Å². The van der Waals surface area contributed by atoms with Crippen LogP contribution in [-0.2, 0) is 18.6 Å². The smallest absolute Gasteiger partial charge is 0.327 e. The lowest BCUT2D eigenvalue weighted by Gasteiger charge is -2.32. The van der Waals surface area contributed by atoms with Crippen LogP contribution in [0, 0.1) is 0 Å². The highest BCUT2D eigenvalue weighted by molar-refractivity contribution is 7.71. The number of ether oxygens (including phenoxy) is 1. The molecule has 0 aromatic heterocycles. The second-order valence-corrected chi connectivity index (χ2v) is 8.67. The average Bonchev–Trinajstić information content (AvgIpc) is 2.95. The molecule has 0 aliphatic carbocycles. The highest BCUT2D eigenvalue weighted by Gasteiger charge is 2.46. The Kier molecular flexibility index (Phi) is 6.05. The Bertz CT molecular complexity index is 883. The minimum atomic E-state index is -3.43. The molecule has 2 aromatic carbocycles. The number of nitrogens with zero attached hydrogens (tertiary/aromatic N) is 1. The van der Waals surface area contributed by atoms with E-state index in [0.717, 1.165) is 11.3 Å². The fourth-order valence-electron chi connectivity index (χ4n) is 3.17. The Morgan fingerprint density at radius 1 is 1.15 bits per heavy atom. The van der Waals surface area contributed by atoms with Crippen LogP contribution in [0.3, 0.4) is 0 Å². The molecule has 27 heavy (non-hydrogen) atoms. The first-order valence-corrected chi connectivity index (χ1v) is 10.6. The highest BCUT2D eigenvalue weighted by Crippen LogP contribution is 2.68. The van der Waals surface area contributed by atoms with Crippen LogP contribution < -0.4 is 4.67 Å². The molecule has 3 rings (SSSR count). The number of rotatable bonds is 6. The fourth-order valence-corrected chi connectivity index (χ4v) is 5.95. The Balaban J connectivity index is 2.13. The zero-order chi connectivity index (χ0) is 19.4. The zero-order valence-electron chi connectivity index (χ0n) is 15.2. The standard InChI is InChI=1S/C20H21ClNO4P/c1-3-26-27(24)19(15-9-11-16(21)12-10-15)13-18(14-20(23)25-2)22(27)17-7-5-4-6-8-17/h4-13,18H,3,14H2,1-2H3. The maximum atomic E-state index is 14.1. The molecule has 0 amide bonds. The van der Waals surface area contributed by atoms with Gasteiger partial charge in [0.2, 0.25) is 0 Å². The van der Waals surface area contributed by atoms with Gasteiger partial charge in [0.25, 0.3) is 0 Å². The van der Waals surface area contributed by atoms with E-state index in [1.807, 2.05) is 48.5 Å². The first-order chi connectivity index (χ1) is 13.0. The third kappa shape index (κ3) is 3.96. The first-order valence-electron chi connectivity index (χ1n) is 8.64. The van der Waals surface area contributed by atoms with E-state index in [4.69, 9.17) is 20.9 Å². The molecule has 1 heterocycles. The van der Waals surface area contributed by atoms with Gasteiger partial charge in [-0.1, -0.05) is 41.9 Å². The molecule has 2 aromatic rings. The topological polar surface area (TPSA) is 55.8 Å². The van der Waals surface area contributed by atoms with E-state index in [9.17, 15) is 9.36 Å². The van der Waals surface area contributed by atoms with Crippen molar-refractivity contribution in [2.24, 2.45) is 0 Å². The lowest BCUT2D eigenvalue weighted by molar-refractivity contribution is -0.140. The fraction of sp³-hybridized carbons (Fsp3) is 0.250. The molecular formula is C20H21ClNO4P. The lowest BCUT2D eigenvalue weighted by Crippen LogP contribution is -2.30. The Morgan fingerprint density at radius 3 is 2.41 bits per heavy atom. The largest absolute Gasteiger partial charge is 0.469 e. The molecule has 1 aliphatic rings. The predicted molar refractivity (Wildman–Crippen MR) is 108 cm³/mol. The number of carbonyl (C=O) groups is 1. The van der Waals surface area contributed by atoms with Gasteiger partial charge in [-0.15, -0.1) is 0 Å². The number of methoxy groups -OCH3 is 1. The van der Waals surface area contributed by atoms with Crippen LogP contribution >= 0.6 is 19.1 Å². The summed E-state index contributed by atoms with van der Waals surface area (Å²) >= 11 is 6.00. The normalized spacial score (nSPS) is 21.8. The van der Waals surface area contributed by atoms with Gasteiger partial charge < -0.3 is 9.26 Å². The summed E-state index contributed by atoms with van der Waals surface area (Å²) < 4.78 is 26.5. The molecule has 7 heteroatoms. The highest BCUT2D eigenvalue weighted by atomic mass is 35.5. The molecule has 0 saturated carbocycles. The van der Waals surface area contributed by atoms with Crippen LogP contribution in [0.2, 0.25) is 5.02 Å². The number of benzene rings is 2. The van der Waals surface area contributed by atoms with Crippen LogP contribution in [0.15, 0.2) is 60.7 Å². The molecule has 0 radical (unpaired) electrons. The van der Waals surface area contributed by atoms with E-state index in [1.165, 1.54) is 7.11 Å². The summed E-state index contributed by atoms with van der Waals surface area (Å²) in [6.07, 6.45) is 1.91. The molecule has 0 bridgehead atoms. The molecule has 142 valence electrons. The van der Waals surface area contributed by atoms with Gasteiger partial charge in [0.1, 0.15) is 0 Å².